The molecule has 0 spiro atoms. The van der Waals surface area contributed by atoms with Crippen LogP contribution in [0.1, 0.15) is 41.8 Å². The van der Waals surface area contributed by atoms with E-state index in [9.17, 15) is 14.4 Å². The van der Waals surface area contributed by atoms with Crippen LogP contribution in [-0.4, -0.2) is 46.8 Å². The van der Waals surface area contributed by atoms with Crippen LogP contribution in [0.15, 0.2) is 54.1 Å². The zero-order chi connectivity index (χ0) is 23.0. The van der Waals surface area contributed by atoms with Gasteiger partial charge in [-0.3, -0.25) is 15.0 Å². The van der Waals surface area contributed by atoms with Gasteiger partial charge in [-0.1, -0.05) is 19.1 Å². The van der Waals surface area contributed by atoms with Gasteiger partial charge >= 0.3 is 11.9 Å². The van der Waals surface area contributed by atoms with Crippen molar-refractivity contribution in [1.29, 1.82) is 5.41 Å². The average molecular weight is 423 g/mol. The third kappa shape index (κ3) is 6.81. The van der Waals surface area contributed by atoms with Crippen molar-refractivity contribution in [2.24, 2.45) is 5.73 Å². The summed E-state index contributed by atoms with van der Waals surface area (Å²) in [5.74, 6) is -1.70. The van der Waals surface area contributed by atoms with E-state index >= 15 is 0 Å². The molecule has 162 valence electrons. The summed E-state index contributed by atoms with van der Waals surface area (Å²) in [4.78, 5) is 37.1. The van der Waals surface area contributed by atoms with E-state index in [-0.39, 0.29) is 18.3 Å². The number of carboxylic acid groups (broad SMARTS) is 1. The molecule has 0 aliphatic rings. The zero-order valence-corrected chi connectivity index (χ0v) is 17.4. The van der Waals surface area contributed by atoms with Gasteiger partial charge in [0.2, 0.25) is 5.91 Å². The van der Waals surface area contributed by atoms with Gasteiger partial charge in [-0.25, -0.2) is 4.79 Å². The van der Waals surface area contributed by atoms with Crippen molar-refractivity contribution >= 4 is 29.8 Å². The smallest absolute Gasteiger partial charge is 0.343 e. The van der Waals surface area contributed by atoms with Crippen LogP contribution < -0.4 is 10.5 Å². The molecule has 0 fully saturated rings. The number of ether oxygens (including phenoxy) is 1. The van der Waals surface area contributed by atoms with Crippen molar-refractivity contribution in [3.63, 3.8) is 0 Å². The quantitative estimate of drug-likeness (QED) is 0.187. The number of nitrogen functional groups attached to an aromatic ring is 1. The molecule has 0 unspecified atom stereocenters. The van der Waals surface area contributed by atoms with E-state index < -0.39 is 11.9 Å². The predicted molar refractivity (Wildman–Crippen MR) is 117 cm³/mol. The third-order valence-corrected chi connectivity index (χ3v) is 4.35. The number of carboxylic acids is 1. The number of nitrogens with two attached hydrogens (primary N) is 1. The first-order valence-corrected chi connectivity index (χ1v) is 9.67. The fraction of sp³-hybridized carbons (Fsp3) is 0.217. The first-order chi connectivity index (χ1) is 14.7. The summed E-state index contributed by atoms with van der Waals surface area (Å²) >= 11 is 0. The first kappa shape index (κ1) is 23.3. The van der Waals surface area contributed by atoms with Gasteiger partial charge in [0.25, 0.3) is 0 Å². The summed E-state index contributed by atoms with van der Waals surface area (Å²) in [6, 6.07) is 12.8. The molecule has 4 N–H and O–H groups in total. The Labute approximate surface area is 180 Å². The molecule has 0 aromatic heterocycles. The maximum atomic E-state index is 12.5. The van der Waals surface area contributed by atoms with Crippen molar-refractivity contribution in [3.05, 3.63) is 70.8 Å². The Morgan fingerprint density at radius 2 is 1.65 bits per heavy atom. The number of nitrogens with zero attached hydrogens (tertiary/aromatic N) is 1. The van der Waals surface area contributed by atoms with E-state index in [2.05, 4.69) is 0 Å². The highest BCUT2D eigenvalue weighted by molar-refractivity contribution is 5.99. The Hall–Kier alpha value is -3.94. The van der Waals surface area contributed by atoms with Crippen LogP contribution in [0.4, 0.5) is 0 Å². The summed E-state index contributed by atoms with van der Waals surface area (Å²) in [5.41, 5.74) is 7.35. The number of benzene rings is 2. The van der Waals surface area contributed by atoms with Crippen LogP contribution in [0.2, 0.25) is 0 Å². The maximum absolute atomic E-state index is 12.5. The number of hydrogen-bond donors (Lipinski definition) is 3. The Morgan fingerprint density at radius 1 is 1.06 bits per heavy atom. The van der Waals surface area contributed by atoms with Crippen LogP contribution in [-0.2, 0) is 9.59 Å². The van der Waals surface area contributed by atoms with Crippen molar-refractivity contribution in [2.45, 2.75) is 20.3 Å². The molecule has 1 amide bonds. The fourth-order valence-electron chi connectivity index (χ4n) is 2.83. The molecular weight excluding hydrogens is 398 g/mol. The molecule has 0 heterocycles. The molecule has 8 heteroatoms. The van der Waals surface area contributed by atoms with E-state index in [1.54, 1.807) is 61.5 Å². The molecule has 2 aromatic rings. The van der Waals surface area contributed by atoms with Crippen molar-refractivity contribution < 1.29 is 24.2 Å². The monoisotopic (exact) mass is 423 g/mol. The fourth-order valence-corrected chi connectivity index (χ4v) is 2.83. The number of hydrogen-bond acceptors (Lipinski definition) is 5. The lowest BCUT2D eigenvalue weighted by Gasteiger charge is -2.20. The summed E-state index contributed by atoms with van der Waals surface area (Å²) < 4.78 is 5.31. The molecule has 0 saturated heterocycles. The van der Waals surface area contributed by atoms with Crippen LogP contribution in [0, 0.1) is 5.41 Å². The molecular formula is C23H25N3O5. The number of rotatable bonds is 9. The molecule has 0 aliphatic heterocycles. The summed E-state index contributed by atoms with van der Waals surface area (Å²) in [6.45, 7) is 3.50. The molecule has 0 atom stereocenters. The maximum Gasteiger partial charge on any atom is 0.343 e. The van der Waals surface area contributed by atoms with Crippen molar-refractivity contribution in [2.75, 3.05) is 13.1 Å². The minimum absolute atomic E-state index is 0.0731. The van der Waals surface area contributed by atoms with Gasteiger partial charge in [-0.2, -0.15) is 0 Å². The number of amidine groups is 1. The number of aliphatic carboxylic acids is 1. The topological polar surface area (TPSA) is 134 Å². The lowest BCUT2D eigenvalue weighted by atomic mass is 10.1. The Bertz CT molecular complexity index is 995. The van der Waals surface area contributed by atoms with Crippen molar-refractivity contribution in [3.8, 4) is 5.75 Å². The van der Waals surface area contributed by atoms with Gasteiger partial charge in [0.05, 0.1) is 5.56 Å². The lowest BCUT2D eigenvalue weighted by Crippen LogP contribution is -2.36. The SMILES string of the molecule is CCCN(CC(=O)O)C(=O)C(C)=Cc1ccc(C(=O)Oc2ccc(C(=N)N)cc2)cc1. The highest BCUT2D eigenvalue weighted by atomic mass is 16.5. The van der Waals surface area contributed by atoms with Gasteiger partial charge in [0, 0.05) is 17.7 Å². The van der Waals surface area contributed by atoms with Crippen LogP contribution in [0.3, 0.4) is 0 Å². The number of amides is 1. The Balaban J connectivity index is 2.07. The van der Waals surface area contributed by atoms with Gasteiger partial charge in [0.15, 0.2) is 0 Å². The second kappa shape index (κ2) is 10.7. The minimum Gasteiger partial charge on any atom is -0.480 e. The van der Waals surface area contributed by atoms with Gasteiger partial charge < -0.3 is 20.5 Å². The van der Waals surface area contributed by atoms with E-state index in [4.69, 9.17) is 21.0 Å². The van der Waals surface area contributed by atoms with E-state index in [1.165, 1.54) is 4.90 Å². The van der Waals surface area contributed by atoms with Gasteiger partial charge in [-0.15, -0.1) is 0 Å². The number of esters is 1. The summed E-state index contributed by atoms with van der Waals surface area (Å²) in [7, 11) is 0. The molecule has 2 rings (SSSR count). The highest BCUT2D eigenvalue weighted by Gasteiger charge is 2.17. The predicted octanol–water partition coefficient (Wildman–Crippen LogP) is 2.92. The first-order valence-electron chi connectivity index (χ1n) is 9.67. The Kier molecular flexibility index (Phi) is 8.08. The lowest BCUT2D eigenvalue weighted by molar-refractivity contribution is -0.143. The van der Waals surface area contributed by atoms with E-state index in [0.29, 0.717) is 41.0 Å². The Morgan fingerprint density at radius 3 is 2.16 bits per heavy atom. The highest BCUT2D eigenvalue weighted by Crippen LogP contribution is 2.16. The number of carbonyl (C=O) groups is 3. The average Bonchev–Trinajstić information content (AvgIpc) is 2.73. The standard InChI is InChI=1S/C23H25N3O5/c1-3-12-26(14-20(27)28)22(29)15(2)13-16-4-6-18(7-5-16)23(30)31-19-10-8-17(9-11-19)21(24)25/h4-11,13H,3,12,14H2,1-2H3,(H3,24,25)(H,27,28). The molecule has 0 saturated carbocycles. The largest absolute Gasteiger partial charge is 0.480 e. The van der Waals surface area contributed by atoms with Crippen LogP contribution in [0.5, 0.6) is 5.75 Å². The minimum atomic E-state index is -1.06. The van der Waals surface area contributed by atoms with Crippen molar-refractivity contribution in [1.82, 2.24) is 4.90 Å². The zero-order valence-electron chi connectivity index (χ0n) is 17.4. The molecule has 2 aromatic carbocycles. The molecule has 0 aliphatic carbocycles. The molecule has 0 bridgehead atoms. The van der Waals surface area contributed by atoms with E-state index in [0.717, 1.165) is 0 Å². The third-order valence-electron chi connectivity index (χ3n) is 4.35. The molecule has 0 radical (unpaired) electrons. The molecule has 31 heavy (non-hydrogen) atoms. The van der Waals surface area contributed by atoms with Gasteiger partial charge in [0.1, 0.15) is 18.1 Å². The number of carbonyl (C=O) groups excluding carboxylic acids is 2. The second-order valence-electron chi connectivity index (χ2n) is 6.90. The summed E-state index contributed by atoms with van der Waals surface area (Å²) in [5, 5.41) is 16.4. The molecule has 8 nitrogen and oxygen atoms in total. The number of nitrogens with one attached hydrogen (secondary N) is 1. The van der Waals surface area contributed by atoms with Crippen LogP contribution >= 0.6 is 0 Å². The van der Waals surface area contributed by atoms with Gasteiger partial charge in [-0.05, 0) is 61.4 Å². The van der Waals surface area contributed by atoms with Crippen LogP contribution in [0.25, 0.3) is 6.08 Å². The summed E-state index contributed by atoms with van der Waals surface area (Å²) in [6.07, 6.45) is 2.29. The second-order valence-corrected chi connectivity index (χ2v) is 6.90. The van der Waals surface area contributed by atoms with E-state index in [1.807, 2.05) is 6.92 Å². The normalized spacial score (nSPS) is 11.0.